The van der Waals surface area contributed by atoms with Gasteiger partial charge in [-0.3, -0.25) is 19.8 Å². The third-order valence-electron chi connectivity index (χ3n) is 7.82. The Morgan fingerprint density at radius 2 is 1.20 bits per heavy atom. The fraction of sp³-hybridized carbons (Fsp3) is 0.179. The molecule has 0 unspecified atom stereocenters. The summed E-state index contributed by atoms with van der Waals surface area (Å²) in [5.41, 5.74) is 3.54. The van der Waals surface area contributed by atoms with E-state index in [2.05, 4.69) is 57.6 Å². The predicted octanol–water partition coefficient (Wildman–Crippen LogP) is 7.51. The van der Waals surface area contributed by atoms with Crippen molar-refractivity contribution in [3.8, 4) is 0 Å². The Morgan fingerprint density at radius 3 is 1.70 bits per heavy atom. The summed E-state index contributed by atoms with van der Waals surface area (Å²) >= 11 is 3.54. The van der Waals surface area contributed by atoms with Gasteiger partial charge in [0.15, 0.2) is 5.78 Å². The van der Waals surface area contributed by atoms with Gasteiger partial charge in [0.2, 0.25) is 5.91 Å². The number of hydrogen-bond acceptors (Lipinski definition) is 5. The Bertz CT molecular complexity index is 1590. The largest absolute Gasteiger partial charge is 0.375 e. The van der Waals surface area contributed by atoms with Crippen LogP contribution in [-0.4, -0.2) is 38.2 Å². The van der Waals surface area contributed by atoms with Gasteiger partial charge in [0, 0.05) is 11.6 Å². The number of nitrogens with zero attached hydrogens (tertiary/aromatic N) is 1. The number of anilines is 1. The van der Waals surface area contributed by atoms with Crippen LogP contribution >= 0.6 is 15.9 Å². The van der Waals surface area contributed by atoms with Crippen molar-refractivity contribution in [1.82, 2.24) is 5.32 Å². The highest BCUT2D eigenvalue weighted by molar-refractivity contribution is 9.10. The molecule has 0 saturated carbocycles. The molecular weight excluding hydrogens is 640 g/mol. The van der Waals surface area contributed by atoms with Gasteiger partial charge in [0.25, 0.3) is 0 Å². The molecule has 1 amide bonds. The smallest absolute Gasteiger partial charge is 0.236 e. The average Bonchev–Trinajstić information content (AvgIpc) is 3.10. The highest BCUT2D eigenvalue weighted by atomic mass is 79.9. The van der Waals surface area contributed by atoms with E-state index in [1.54, 1.807) is 0 Å². The lowest BCUT2D eigenvalue weighted by atomic mass is 9.76. The first-order valence-electron chi connectivity index (χ1n) is 15.2. The molecule has 0 aromatic heterocycles. The van der Waals surface area contributed by atoms with E-state index >= 15 is 0 Å². The van der Waals surface area contributed by atoms with Crippen LogP contribution in [0.15, 0.2) is 150 Å². The molecule has 0 spiro atoms. The fourth-order valence-electron chi connectivity index (χ4n) is 5.60. The first kappa shape index (κ1) is 33.0. The van der Waals surface area contributed by atoms with E-state index in [4.69, 9.17) is 9.47 Å². The van der Waals surface area contributed by atoms with E-state index in [9.17, 15) is 9.59 Å². The van der Waals surface area contributed by atoms with Gasteiger partial charge in [-0.15, -0.1) is 0 Å². The molecule has 0 heterocycles. The Morgan fingerprint density at radius 1 is 0.717 bits per heavy atom. The number of benzene rings is 5. The summed E-state index contributed by atoms with van der Waals surface area (Å²) in [7, 11) is 1.52. The summed E-state index contributed by atoms with van der Waals surface area (Å²) in [4.78, 5) is 29.6. The van der Waals surface area contributed by atoms with E-state index in [-0.39, 0.29) is 31.4 Å². The normalized spacial score (nSPS) is 12.0. The molecule has 1 atom stereocenters. The lowest BCUT2D eigenvalue weighted by molar-refractivity contribution is -0.129. The van der Waals surface area contributed by atoms with E-state index < -0.39 is 11.6 Å². The summed E-state index contributed by atoms with van der Waals surface area (Å²) in [5, 5.41) is 3.74. The molecule has 0 aliphatic carbocycles. The van der Waals surface area contributed by atoms with Crippen LogP contribution in [0.1, 0.15) is 28.7 Å². The highest BCUT2D eigenvalue weighted by Gasteiger charge is 2.40. The Kier molecular flexibility index (Phi) is 11.6. The molecule has 0 saturated heterocycles. The first-order chi connectivity index (χ1) is 22.5. The maximum absolute atomic E-state index is 14.4. The highest BCUT2D eigenvalue weighted by Crippen LogP contribution is 2.37. The molecule has 5 rings (SSSR count). The SMILES string of the molecule is COCN(C(=O)CC(=O)[C@H](COCc1ccccc1)NC(c1ccccc1)(c1ccccc1)c1ccccc1)c1ccccc1Br. The molecule has 0 aliphatic heterocycles. The molecular formula is C39H37BrN2O4. The van der Waals surface area contributed by atoms with Crippen molar-refractivity contribution in [2.45, 2.75) is 24.6 Å². The van der Waals surface area contributed by atoms with Gasteiger partial charge in [-0.05, 0) is 50.3 Å². The Balaban J connectivity index is 1.54. The van der Waals surface area contributed by atoms with Crippen molar-refractivity contribution in [2.24, 2.45) is 0 Å². The molecule has 0 aliphatic rings. The van der Waals surface area contributed by atoms with Crippen LogP contribution in [-0.2, 0) is 31.2 Å². The van der Waals surface area contributed by atoms with Crippen molar-refractivity contribution >= 4 is 33.3 Å². The zero-order valence-corrected chi connectivity index (χ0v) is 27.3. The summed E-state index contributed by atoms with van der Waals surface area (Å²) in [6.07, 6.45) is -0.356. The fourth-order valence-corrected chi connectivity index (χ4v) is 6.10. The number of halogens is 1. The van der Waals surface area contributed by atoms with Crippen molar-refractivity contribution in [1.29, 1.82) is 0 Å². The Hall–Kier alpha value is -4.40. The minimum Gasteiger partial charge on any atom is -0.375 e. The van der Waals surface area contributed by atoms with Crippen LogP contribution in [0.3, 0.4) is 0 Å². The van der Waals surface area contributed by atoms with E-state index in [1.807, 2.05) is 109 Å². The van der Waals surface area contributed by atoms with Crippen molar-refractivity contribution in [3.63, 3.8) is 0 Å². The average molecular weight is 678 g/mol. The third kappa shape index (κ3) is 7.87. The lowest BCUT2D eigenvalue weighted by Gasteiger charge is -2.40. The summed E-state index contributed by atoms with van der Waals surface area (Å²) in [5.74, 6) is -0.670. The number of carbonyl (C=O) groups excluding carboxylic acids is 2. The molecule has 234 valence electrons. The first-order valence-corrected chi connectivity index (χ1v) is 15.9. The summed E-state index contributed by atoms with van der Waals surface area (Å²) < 4.78 is 12.3. The van der Waals surface area contributed by atoms with E-state index in [0.717, 1.165) is 26.7 Å². The number of Topliss-reactive ketones (excluding diaryl/α,β-unsaturated/α-hetero) is 1. The molecule has 1 N–H and O–H groups in total. The molecule has 5 aromatic carbocycles. The number of amides is 1. The topological polar surface area (TPSA) is 67.9 Å². The minimum atomic E-state index is -0.933. The minimum absolute atomic E-state index is 0.000682. The quantitative estimate of drug-likeness (QED) is 0.0706. The van der Waals surface area contributed by atoms with Gasteiger partial charge in [-0.2, -0.15) is 0 Å². The Labute approximate surface area is 279 Å². The second kappa shape index (κ2) is 16.2. The number of hydrogen-bond donors (Lipinski definition) is 1. The standard InChI is InChI=1S/C39H37BrN2O4/c1-45-29-42(36-25-15-14-24-34(36)40)38(44)26-37(43)35(28-46-27-30-16-6-2-7-17-30)41-39(31-18-8-3-9-19-31,32-20-10-4-11-21-32)33-22-12-5-13-23-33/h2-25,35,41H,26-29H2,1H3/t35-/m0/s1. The molecule has 0 fully saturated rings. The van der Waals surface area contributed by atoms with Gasteiger partial charge in [-0.1, -0.05) is 133 Å². The van der Waals surface area contributed by atoms with Crippen LogP contribution in [0.5, 0.6) is 0 Å². The maximum Gasteiger partial charge on any atom is 0.236 e. The number of methoxy groups -OCH3 is 1. The van der Waals surface area contributed by atoms with Crippen molar-refractivity contribution in [2.75, 3.05) is 25.3 Å². The van der Waals surface area contributed by atoms with Gasteiger partial charge < -0.3 is 9.47 Å². The van der Waals surface area contributed by atoms with E-state index in [0.29, 0.717) is 12.3 Å². The third-order valence-corrected chi connectivity index (χ3v) is 8.49. The lowest BCUT2D eigenvalue weighted by Crippen LogP contribution is -2.55. The van der Waals surface area contributed by atoms with Gasteiger partial charge in [-0.25, -0.2) is 0 Å². The molecule has 0 radical (unpaired) electrons. The van der Waals surface area contributed by atoms with Crippen molar-refractivity contribution in [3.05, 3.63) is 172 Å². The zero-order chi connectivity index (χ0) is 32.2. The van der Waals surface area contributed by atoms with Crippen LogP contribution in [0.25, 0.3) is 0 Å². The second-order valence-electron chi connectivity index (χ2n) is 10.9. The second-order valence-corrected chi connectivity index (χ2v) is 11.7. The molecule has 46 heavy (non-hydrogen) atoms. The number of ketones is 1. The van der Waals surface area contributed by atoms with Gasteiger partial charge in [0.1, 0.15) is 6.73 Å². The molecule has 7 heteroatoms. The predicted molar refractivity (Wildman–Crippen MR) is 185 cm³/mol. The molecule has 0 bridgehead atoms. The number of carbonyl (C=O) groups is 2. The number of para-hydroxylation sites is 1. The maximum atomic E-state index is 14.4. The summed E-state index contributed by atoms with van der Waals surface area (Å²) in [6.45, 7) is 0.371. The number of nitrogens with one attached hydrogen (secondary N) is 1. The zero-order valence-electron chi connectivity index (χ0n) is 25.7. The number of ether oxygens (including phenoxy) is 2. The van der Waals surface area contributed by atoms with Crippen LogP contribution in [0.4, 0.5) is 5.69 Å². The summed E-state index contributed by atoms with van der Waals surface area (Å²) in [6, 6.07) is 46.5. The monoisotopic (exact) mass is 676 g/mol. The number of rotatable bonds is 15. The van der Waals surface area contributed by atoms with Crippen LogP contribution < -0.4 is 10.2 Å². The van der Waals surface area contributed by atoms with Crippen LogP contribution in [0.2, 0.25) is 0 Å². The van der Waals surface area contributed by atoms with E-state index in [1.165, 1.54) is 12.0 Å². The van der Waals surface area contributed by atoms with Crippen molar-refractivity contribution < 1.29 is 19.1 Å². The van der Waals surface area contributed by atoms with Gasteiger partial charge >= 0.3 is 0 Å². The molecule has 6 nitrogen and oxygen atoms in total. The van der Waals surface area contributed by atoms with Gasteiger partial charge in [0.05, 0.1) is 36.9 Å². The molecule has 5 aromatic rings. The van der Waals surface area contributed by atoms with Crippen LogP contribution in [0, 0.1) is 0 Å².